The zero-order valence-corrected chi connectivity index (χ0v) is 19.3. The summed E-state index contributed by atoms with van der Waals surface area (Å²) in [6.07, 6.45) is 1.90. The Labute approximate surface area is 200 Å². The molecule has 2 aliphatic rings. The van der Waals surface area contributed by atoms with Crippen LogP contribution >= 0.6 is 0 Å². The Bertz CT molecular complexity index is 1110. The lowest BCUT2D eigenvalue weighted by atomic mass is 10.00. The zero-order chi connectivity index (χ0) is 25.1. The van der Waals surface area contributed by atoms with Crippen LogP contribution in [0.4, 0.5) is 31.9 Å². The average Bonchev–Trinajstić information content (AvgIpc) is 2.83. The first-order chi connectivity index (χ1) is 16.7. The van der Waals surface area contributed by atoms with Crippen molar-refractivity contribution in [3.8, 4) is 0 Å². The van der Waals surface area contributed by atoms with Crippen molar-refractivity contribution in [2.24, 2.45) is 11.5 Å². The topological polar surface area (TPSA) is 152 Å². The molecular weight excluding hydrogens is 462 g/mol. The number of likely N-dealkylation sites (tertiary alicyclic amines) is 1. The number of hydrogen-bond donors (Lipinski definition) is 4. The number of carbonyl (C=O) groups excluding carboxylic acids is 2. The van der Waals surface area contributed by atoms with E-state index in [2.05, 4.69) is 20.6 Å². The van der Waals surface area contributed by atoms with Crippen LogP contribution in [0.2, 0.25) is 0 Å². The summed E-state index contributed by atoms with van der Waals surface area (Å²) in [6.45, 7) is 4.09. The molecule has 2 saturated heterocycles. The third kappa shape index (κ3) is 5.41. The van der Waals surface area contributed by atoms with Gasteiger partial charge < -0.3 is 36.6 Å². The fourth-order valence-corrected chi connectivity index (χ4v) is 4.15. The number of morpholine rings is 1. The van der Waals surface area contributed by atoms with E-state index in [0.29, 0.717) is 45.8 Å². The number of primary amides is 1. The number of rotatable bonds is 6. The summed E-state index contributed by atoms with van der Waals surface area (Å²) in [6, 6.07) is 1.49. The Morgan fingerprint density at radius 3 is 2.60 bits per heavy atom. The molecule has 0 unspecified atom stereocenters. The van der Waals surface area contributed by atoms with Gasteiger partial charge in [0.1, 0.15) is 5.82 Å². The largest absolute Gasteiger partial charge is 0.378 e. The molecule has 0 aliphatic carbocycles. The van der Waals surface area contributed by atoms with Gasteiger partial charge in [-0.05, 0) is 18.6 Å². The van der Waals surface area contributed by atoms with Gasteiger partial charge in [0.2, 0.25) is 5.91 Å². The number of halogens is 2. The standard InChI is InChI=1S/C22H28F2N8O3/c1-12(33)32-5-3-16(15(25)11-32)28-21-14(23)10-13(19(26)34)20(30-21)29-17-2-4-27-22(18(17)24)31-6-8-35-9-7-31/h2,4,10,15-16H,3,5-9,11,25H2,1H3,(H2,26,34)(H2,27,28,29,30)/t15-,16+/m0/s1. The van der Waals surface area contributed by atoms with Crippen molar-refractivity contribution in [1.29, 1.82) is 0 Å². The molecular formula is C22H28F2N8O3. The van der Waals surface area contributed by atoms with Crippen molar-refractivity contribution in [3.05, 3.63) is 35.5 Å². The minimum Gasteiger partial charge on any atom is -0.378 e. The quantitative estimate of drug-likeness (QED) is 0.461. The average molecular weight is 491 g/mol. The number of carbonyl (C=O) groups is 2. The maximum Gasteiger partial charge on any atom is 0.252 e. The maximum atomic E-state index is 15.3. The molecule has 4 heterocycles. The van der Waals surface area contributed by atoms with Crippen molar-refractivity contribution in [3.63, 3.8) is 0 Å². The van der Waals surface area contributed by atoms with E-state index in [1.165, 1.54) is 19.2 Å². The molecule has 35 heavy (non-hydrogen) atoms. The van der Waals surface area contributed by atoms with Crippen molar-refractivity contribution >= 4 is 35.0 Å². The molecule has 0 spiro atoms. The number of nitrogens with zero attached hydrogens (tertiary/aromatic N) is 4. The van der Waals surface area contributed by atoms with Gasteiger partial charge in [-0.15, -0.1) is 0 Å². The van der Waals surface area contributed by atoms with Crippen LogP contribution in [-0.4, -0.2) is 78.2 Å². The number of anilines is 4. The van der Waals surface area contributed by atoms with E-state index in [1.54, 1.807) is 9.80 Å². The lowest BCUT2D eigenvalue weighted by Gasteiger charge is -2.36. The van der Waals surface area contributed by atoms with Crippen LogP contribution in [0, 0.1) is 11.6 Å². The second-order valence-electron chi connectivity index (χ2n) is 8.47. The number of ether oxygens (including phenoxy) is 1. The van der Waals surface area contributed by atoms with Crippen LogP contribution in [-0.2, 0) is 9.53 Å². The predicted molar refractivity (Wildman–Crippen MR) is 125 cm³/mol. The molecule has 0 radical (unpaired) electrons. The summed E-state index contributed by atoms with van der Waals surface area (Å²) >= 11 is 0. The van der Waals surface area contributed by atoms with Gasteiger partial charge in [-0.1, -0.05) is 0 Å². The highest BCUT2D eigenvalue weighted by Gasteiger charge is 2.29. The summed E-state index contributed by atoms with van der Waals surface area (Å²) in [5.41, 5.74) is 11.4. The number of piperidine rings is 1. The first kappa shape index (κ1) is 24.5. The Hall–Kier alpha value is -3.58. The minimum atomic E-state index is -0.931. The molecule has 2 atom stereocenters. The Balaban J connectivity index is 1.60. The summed E-state index contributed by atoms with van der Waals surface area (Å²) < 4.78 is 35.4. The Morgan fingerprint density at radius 1 is 1.20 bits per heavy atom. The van der Waals surface area contributed by atoms with E-state index in [1.807, 2.05) is 0 Å². The maximum absolute atomic E-state index is 15.3. The number of pyridine rings is 2. The van der Waals surface area contributed by atoms with Crippen LogP contribution in [0.3, 0.4) is 0 Å². The molecule has 2 fully saturated rings. The molecule has 4 rings (SSSR count). The zero-order valence-electron chi connectivity index (χ0n) is 19.3. The van der Waals surface area contributed by atoms with E-state index in [9.17, 15) is 14.0 Å². The molecule has 2 aliphatic heterocycles. The summed E-state index contributed by atoms with van der Waals surface area (Å²) in [5.74, 6) is -2.64. The molecule has 0 saturated carbocycles. The van der Waals surface area contributed by atoms with Crippen LogP contribution in [0.5, 0.6) is 0 Å². The fourth-order valence-electron chi connectivity index (χ4n) is 4.15. The fraction of sp³-hybridized carbons (Fsp3) is 0.455. The lowest BCUT2D eigenvalue weighted by molar-refractivity contribution is -0.130. The molecule has 11 nitrogen and oxygen atoms in total. The Morgan fingerprint density at radius 2 is 1.94 bits per heavy atom. The van der Waals surface area contributed by atoms with Crippen molar-refractivity contribution in [2.75, 3.05) is 54.9 Å². The van der Waals surface area contributed by atoms with Crippen LogP contribution in [0.25, 0.3) is 0 Å². The SMILES string of the molecule is CC(=O)N1CC[C@@H](Nc2nc(Nc3ccnc(N4CCOCC4)c3F)c(C(N)=O)cc2F)[C@@H](N)C1. The molecule has 0 aromatic carbocycles. The highest BCUT2D eigenvalue weighted by molar-refractivity contribution is 5.98. The van der Waals surface area contributed by atoms with Crippen LogP contribution in [0.15, 0.2) is 18.3 Å². The summed E-state index contributed by atoms with van der Waals surface area (Å²) in [7, 11) is 0. The molecule has 6 N–H and O–H groups in total. The van der Waals surface area contributed by atoms with E-state index < -0.39 is 23.6 Å². The van der Waals surface area contributed by atoms with Gasteiger partial charge in [-0.2, -0.15) is 0 Å². The minimum absolute atomic E-state index is 0.000479. The number of aromatic nitrogens is 2. The second-order valence-corrected chi connectivity index (χ2v) is 8.47. The monoisotopic (exact) mass is 490 g/mol. The van der Waals surface area contributed by atoms with Gasteiger partial charge in [-0.25, -0.2) is 18.7 Å². The second kappa shape index (κ2) is 10.4. The number of nitrogens with one attached hydrogen (secondary N) is 2. The van der Waals surface area contributed by atoms with Gasteiger partial charge >= 0.3 is 0 Å². The molecule has 2 amide bonds. The highest BCUT2D eigenvalue weighted by atomic mass is 19.1. The molecule has 0 bridgehead atoms. The molecule has 188 valence electrons. The lowest BCUT2D eigenvalue weighted by Crippen LogP contribution is -2.55. The summed E-state index contributed by atoms with van der Waals surface area (Å²) in [4.78, 5) is 35.3. The Kier molecular flexibility index (Phi) is 7.26. The van der Waals surface area contributed by atoms with E-state index in [0.717, 1.165) is 6.07 Å². The number of nitrogens with two attached hydrogens (primary N) is 2. The van der Waals surface area contributed by atoms with Crippen molar-refractivity contribution in [1.82, 2.24) is 14.9 Å². The van der Waals surface area contributed by atoms with Crippen molar-refractivity contribution < 1.29 is 23.1 Å². The summed E-state index contributed by atoms with van der Waals surface area (Å²) in [5, 5.41) is 5.72. The van der Waals surface area contributed by atoms with Gasteiger partial charge in [-0.3, -0.25) is 9.59 Å². The smallest absolute Gasteiger partial charge is 0.252 e. The van der Waals surface area contributed by atoms with Gasteiger partial charge in [0.05, 0.1) is 24.5 Å². The normalized spacial score (nSPS) is 20.5. The molecule has 2 aromatic heterocycles. The van der Waals surface area contributed by atoms with Gasteiger partial charge in [0, 0.05) is 51.4 Å². The van der Waals surface area contributed by atoms with E-state index >= 15 is 4.39 Å². The molecule has 2 aromatic rings. The number of hydrogen-bond acceptors (Lipinski definition) is 9. The first-order valence-electron chi connectivity index (χ1n) is 11.3. The predicted octanol–water partition coefficient (Wildman–Crippen LogP) is 0.794. The van der Waals surface area contributed by atoms with Crippen molar-refractivity contribution in [2.45, 2.75) is 25.4 Å². The van der Waals surface area contributed by atoms with Gasteiger partial charge in [0.15, 0.2) is 23.3 Å². The third-order valence-corrected chi connectivity index (χ3v) is 6.10. The van der Waals surface area contributed by atoms with Crippen LogP contribution < -0.4 is 27.0 Å². The molecule has 13 heteroatoms. The van der Waals surface area contributed by atoms with Crippen LogP contribution in [0.1, 0.15) is 23.7 Å². The number of amides is 2. The van der Waals surface area contributed by atoms with Gasteiger partial charge in [0.25, 0.3) is 5.91 Å². The highest BCUT2D eigenvalue weighted by Crippen LogP contribution is 2.29. The third-order valence-electron chi connectivity index (χ3n) is 6.10. The van der Waals surface area contributed by atoms with E-state index in [4.69, 9.17) is 16.2 Å². The van der Waals surface area contributed by atoms with E-state index in [-0.39, 0.29) is 40.7 Å². The first-order valence-corrected chi connectivity index (χ1v) is 11.3.